The first-order chi connectivity index (χ1) is 13.9. The molecule has 0 saturated carbocycles. The van der Waals surface area contributed by atoms with E-state index in [2.05, 4.69) is 0 Å². The average Bonchev–Trinajstić information content (AvgIpc) is 3.18. The molecule has 2 heterocycles. The summed E-state index contributed by atoms with van der Waals surface area (Å²) in [6, 6.07) is 12.7. The standard InChI is InChI=1S/C21H18Cl2N2O3S/c22-13-6-3-12(4-7-13)21(28)17(10-18(26)27)29-20-24-19-15-9-14(23)5-1-11(15)2-8-16(19)25(20)21/h1,3-7,9,16-17,19,28H,2,8,10H2,(H,26,27)/t16-,17?,19-,21?/m0/s1. The van der Waals surface area contributed by atoms with Gasteiger partial charge in [-0.3, -0.25) is 9.79 Å². The highest BCUT2D eigenvalue weighted by Gasteiger charge is 2.59. The van der Waals surface area contributed by atoms with Crippen molar-refractivity contribution in [3.8, 4) is 0 Å². The maximum atomic E-state index is 12.0. The second kappa shape index (κ2) is 6.91. The molecule has 2 unspecified atom stereocenters. The summed E-state index contributed by atoms with van der Waals surface area (Å²) in [5.41, 5.74) is 1.47. The first-order valence-electron chi connectivity index (χ1n) is 9.40. The minimum absolute atomic E-state index is 0.0528. The molecule has 2 aliphatic heterocycles. The molecule has 5 rings (SSSR count). The zero-order valence-electron chi connectivity index (χ0n) is 15.3. The largest absolute Gasteiger partial charge is 0.481 e. The number of hydrogen-bond donors (Lipinski definition) is 2. The number of aliphatic imine (C=N–C) groups is 1. The van der Waals surface area contributed by atoms with Crippen molar-refractivity contribution in [1.82, 2.24) is 4.90 Å². The fourth-order valence-electron chi connectivity index (χ4n) is 4.70. The summed E-state index contributed by atoms with van der Waals surface area (Å²) >= 11 is 13.6. The molecule has 0 aromatic heterocycles. The van der Waals surface area contributed by atoms with Crippen molar-refractivity contribution in [2.45, 2.75) is 42.3 Å². The molecule has 2 N–H and O–H groups in total. The highest BCUT2D eigenvalue weighted by atomic mass is 35.5. The number of carbonyl (C=O) groups is 1. The third kappa shape index (κ3) is 2.96. The Morgan fingerprint density at radius 3 is 2.66 bits per heavy atom. The Morgan fingerprint density at radius 1 is 1.21 bits per heavy atom. The number of rotatable bonds is 3. The van der Waals surface area contributed by atoms with Gasteiger partial charge >= 0.3 is 5.97 Å². The minimum atomic E-state index is -1.47. The van der Waals surface area contributed by atoms with Crippen LogP contribution < -0.4 is 0 Å². The predicted octanol–water partition coefficient (Wildman–Crippen LogP) is 4.46. The second-order valence-electron chi connectivity index (χ2n) is 7.61. The lowest BCUT2D eigenvalue weighted by Gasteiger charge is -2.42. The van der Waals surface area contributed by atoms with E-state index in [9.17, 15) is 15.0 Å². The normalized spacial score (nSPS) is 29.8. The van der Waals surface area contributed by atoms with Gasteiger partial charge in [0.1, 0.15) is 0 Å². The van der Waals surface area contributed by atoms with Crippen LogP contribution in [0.4, 0.5) is 0 Å². The molecule has 5 nitrogen and oxygen atoms in total. The van der Waals surface area contributed by atoms with Crippen molar-refractivity contribution in [2.75, 3.05) is 0 Å². The van der Waals surface area contributed by atoms with E-state index in [-0.39, 0.29) is 18.5 Å². The van der Waals surface area contributed by atoms with E-state index in [1.807, 2.05) is 23.1 Å². The van der Waals surface area contributed by atoms with Crippen LogP contribution in [0, 0.1) is 0 Å². The Bertz CT molecular complexity index is 1030. The van der Waals surface area contributed by atoms with Gasteiger partial charge in [-0.1, -0.05) is 53.2 Å². The molecule has 1 aliphatic carbocycles. The fraction of sp³-hybridized carbons (Fsp3) is 0.333. The molecule has 0 spiro atoms. The van der Waals surface area contributed by atoms with Crippen LogP contribution in [-0.2, 0) is 16.9 Å². The van der Waals surface area contributed by atoms with Gasteiger partial charge in [0, 0.05) is 15.6 Å². The van der Waals surface area contributed by atoms with Crippen LogP contribution >= 0.6 is 35.0 Å². The van der Waals surface area contributed by atoms with Gasteiger partial charge in [-0.15, -0.1) is 0 Å². The summed E-state index contributed by atoms with van der Waals surface area (Å²) < 4.78 is 0. The van der Waals surface area contributed by atoms with Crippen molar-refractivity contribution in [1.29, 1.82) is 0 Å². The van der Waals surface area contributed by atoms with E-state index in [1.165, 1.54) is 17.3 Å². The lowest BCUT2D eigenvalue weighted by atomic mass is 9.82. The van der Waals surface area contributed by atoms with Gasteiger partial charge in [-0.05, 0) is 48.2 Å². The number of amidine groups is 1. The topological polar surface area (TPSA) is 73.1 Å². The molecule has 2 aromatic rings. The van der Waals surface area contributed by atoms with Gasteiger partial charge in [0.05, 0.1) is 23.8 Å². The van der Waals surface area contributed by atoms with Crippen LogP contribution in [0.25, 0.3) is 0 Å². The number of aliphatic carboxylic acids is 1. The van der Waals surface area contributed by atoms with Crippen LogP contribution in [0.2, 0.25) is 10.0 Å². The van der Waals surface area contributed by atoms with Crippen LogP contribution in [0.15, 0.2) is 47.5 Å². The maximum Gasteiger partial charge on any atom is 0.304 e. The Labute approximate surface area is 182 Å². The lowest BCUT2D eigenvalue weighted by Crippen LogP contribution is -2.53. The molecule has 150 valence electrons. The number of benzene rings is 2. The number of hydrogen-bond acceptors (Lipinski definition) is 5. The molecule has 0 radical (unpaired) electrons. The van der Waals surface area contributed by atoms with Gasteiger partial charge in [-0.25, -0.2) is 0 Å². The summed E-state index contributed by atoms with van der Waals surface area (Å²) in [5, 5.41) is 22.8. The molecular formula is C21H18Cl2N2O3S. The molecule has 3 aliphatic rings. The van der Waals surface area contributed by atoms with E-state index in [1.54, 1.807) is 24.3 Å². The van der Waals surface area contributed by atoms with E-state index in [4.69, 9.17) is 28.2 Å². The van der Waals surface area contributed by atoms with Crippen LogP contribution in [-0.4, -0.2) is 37.5 Å². The number of nitrogens with zero attached hydrogens (tertiary/aromatic N) is 2. The second-order valence-corrected chi connectivity index (χ2v) is 9.66. The number of thioether (sulfide) groups is 1. The fourth-order valence-corrected chi connectivity index (χ4v) is 6.46. The van der Waals surface area contributed by atoms with Gasteiger partial charge < -0.3 is 15.1 Å². The maximum absolute atomic E-state index is 12.0. The lowest BCUT2D eigenvalue weighted by molar-refractivity contribution is -0.141. The van der Waals surface area contributed by atoms with E-state index >= 15 is 0 Å². The molecule has 0 amide bonds. The van der Waals surface area contributed by atoms with Crippen molar-refractivity contribution < 1.29 is 15.0 Å². The van der Waals surface area contributed by atoms with Crippen LogP contribution in [0.3, 0.4) is 0 Å². The Morgan fingerprint density at radius 2 is 1.93 bits per heavy atom. The first kappa shape index (κ1) is 19.2. The zero-order chi connectivity index (χ0) is 20.3. The summed E-state index contributed by atoms with van der Waals surface area (Å²) in [4.78, 5) is 18.4. The number of halogens is 2. The smallest absolute Gasteiger partial charge is 0.304 e. The molecule has 4 atom stereocenters. The number of carboxylic acids is 1. The van der Waals surface area contributed by atoms with Crippen molar-refractivity contribution in [2.24, 2.45) is 4.99 Å². The Balaban J connectivity index is 1.61. The highest BCUT2D eigenvalue weighted by Crippen LogP contribution is 2.55. The van der Waals surface area contributed by atoms with Crippen molar-refractivity contribution in [3.05, 3.63) is 69.2 Å². The number of fused-ring (bicyclic) bond motifs is 5. The third-order valence-electron chi connectivity index (χ3n) is 5.98. The number of carboxylic acid groups (broad SMARTS) is 1. The van der Waals surface area contributed by atoms with Gasteiger partial charge in [-0.2, -0.15) is 0 Å². The minimum Gasteiger partial charge on any atom is -0.481 e. The van der Waals surface area contributed by atoms with E-state index in [0.29, 0.717) is 20.8 Å². The van der Waals surface area contributed by atoms with E-state index in [0.717, 1.165) is 18.4 Å². The average molecular weight is 449 g/mol. The summed E-state index contributed by atoms with van der Waals surface area (Å²) in [6.45, 7) is 0. The quantitative estimate of drug-likeness (QED) is 0.724. The summed E-state index contributed by atoms with van der Waals surface area (Å²) in [5.74, 6) is -0.950. The molecule has 2 aromatic carbocycles. The van der Waals surface area contributed by atoms with Crippen molar-refractivity contribution in [3.63, 3.8) is 0 Å². The Hall–Kier alpha value is -1.73. The van der Waals surface area contributed by atoms with E-state index < -0.39 is 16.9 Å². The highest BCUT2D eigenvalue weighted by molar-refractivity contribution is 8.14. The predicted molar refractivity (Wildman–Crippen MR) is 115 cm³/mol. The van der Waals surface area contributed by atoms with Crippen molar-refractivity contribution >= 4 is 46.1 Å². The molecule has 8 heteroatoms. The molecular weight excluding hydrogens is 431 g/mol. The molecule has 0 bridgehead atoms. The number of aryl methyl sites for hydroxylation is 1. The Kier molecular flexibility index (Phi) is 4.59. The number of aliphatic hydroxyl groups is 1. The molecule has 1 fully saturated rings. The monoisotopic (exact) mass is 448 g/mol. The molecule has 1 saturated heterocycles. The summed E-state index contributed by atoms with van der Waals surface area (Å²) in [6.07, 6.45) is 1.51. The first-order valence-corrected chi connectivity index (χ1v) is 11.0. The molecule has 29 heavy (non-hydrogen) atoms. The van der Waals surface area contributed by atoms with Gasteiger partial charge in [0.15, 0.2) is 10.9 Å². The summed E-state index contributed by atoms with van der Waals surface area (Å²) in [7, 11) is 0. The zero-order valence-corrected chi connectivity index (χ0v) is 17.6. The van der Waals surface area contributed by atoms with Crippen LogP contribution in [0.5, 0.6) is 0 Å². The van der Waals surface area contributed by atoms with Crippen LogP contribution in [0.1, 0.15) is 35.6 Å². The third-order valence-corrected chi connectivity index (χ3v) is 7.76. The SMILES string of the molecule is O=C(O)CC1SC2=N[C@H]3c4cc(Cl)ccc4CC[C@@H]3N2C1(O)c1ccc(Cl)cc1. The van der Waals surface area contributed by atoms with Gasteiger partial charge in [0.2, 0.25) is 0 Å². The van der Waals surface area contributed by atoms with Gasteiger partial charge in [0.25, 0.3) is 0 Å².